The Labute approximate surface area is 272 Å². The number of anilines is 3. The van der Waals surface area contributed by atoms with E-state index in [1.165, 1.54) is 61.3 Å². The van der Waals surface area contributed by atoms with Crippen molar-refractivity contribution >= 4 is 17.1 Å². The van der Waals surface area contributed by atoms with Gasteiger partial charge in [-0.05, 0) is 74.8 Å². The van der Waals surface area contributed by atoms with Crippen LogP contribution in [-0.2, 0) is 5.41 Å². The number of benzene rings is 7. The highest BCUT2D eigenvalue weighted by molar-refractivity contribution is 6.00. The minimum absolute atomic E-state index is 0.180. The maximum absolute atomic E-state index is 2.47. The van der Waals surface area contributed by atoms with Crippen molar-refractivity contribution in [2.45, 2.75) is 19.3 Å². The average Bonchev–Trinajstić information content (AvgIpc) is 3.35. The third-order valence-corrected chi connectivity index (χ3v) is 9.47. The fourth-order valence-corrected chi connectivity index (χ4v) is 7.23. The Balaban J connectivity index is 1.45. The van der Waals surface area contributed by atoms with Gasteiger partial charge in [-0.1, -0.05) is 159 Å². The molecular weight excluding hydrogens is 555 g/mol. The molecular formula is C45H35N. The molecule has 7 aromatic carbocycles. The molecule has 1 aliphatic carbocycles. The molecule has 1 heteroatoms. The van der Waals surface area contributed by atoms with Crippen molar-refractivity contribution < 1.29 is 0 Å². The Morgan fingerprint density at radius 2 is 0.870 bits per heavy atom. The van der Waals surface area contributed by atoms with Crippen LogP contribution in [0.25, 0.3) is 44.5 Å². The summed E-state index contributed by atoms with van der Waals surface area (Å²) in [7, 11) is 0. The molecule has 7 aromatic rings. The van der Waals surface area contributed by atoms with Gasteiger partial charge in [0.25, 0.3) is 0 Å². The standard InChI is InChI=1S/C45H35N/c1-45(2)40-28-17-27-37(33-20-9-4-10-21-33)44(40)39-30-38(34-22-11-5-12-23-34)43(31-41(39)45)46(35-24-13-6-14-25-35)42-29-16-15-26-36(42)32-18-7-3-8-19-32/h3-31H,1-2H3. The second-order valence-electron chi connectivity index (χ2n) is 12.6. The lowest BCUT2D eigenvalue weighted by molar-refractivity contribution is 0.660. The summed E-state index contributed by atoms with van der Waals surface area (Å²) >= 11 is 0. The van der Waals surface area contributed by atoms with Crippen LogP contribution < -0.4 is 4.90 Å². The monoisotopic (exact) mass is 589 g/mol. The van der Waals surface area contributed by atoms with Gasteiger partial charge in [-0.2, -0.15) is 0 Å². The first-order chi connectivity index (χ1) is 22.6. The molecule has 0 atom stereocenters. The molecule has 0 heterocycles. The van der Waals surface area contributed by atoms with Gasteiger partial charge in [-0.25, -0.2) is 0 Å². The van der Waals surface area contributed by atoms with Crippen LogP contribution in [0.5, 0.6) is 0 Å². The SMILES string of the molecule is CC1(C)c2cc(N(c3ccccc3)c3ccccc3-c3ccccc3)c(-c3ccccc3)cc2-c2c(-c3ccccc3)cccc21. The Hall–Kier alpha value is -5.66. The van der Waals surface area contributed by atoms with Gasteiger partial charge in [-0.3, -0.25) is 0 Å². The van der Waals surface area contributed by atoms with Crippen molar-refractivity contribution in [3.05, 3.63) is 187 Å². The summed E-state index contributed by atoms with van der Waals surface area (Å²) in [5, 5.41) is 0. The molecule has 0 aliphatic heterocycles. The normalized spacial score (nSPS) is 12.7. The van der Waals surface area contributed by atoms with Crippen LogP contribution >= 0.6 is 0 Å². The summed E-state index contributed by atoms with van der Waals surface area (Å²) in [6.45, 7) is 4.76. The van der Waals surface area contributed by atoms with E-state index in [-0.39, 0.29) is 5.41 Å². The zero-order valence-corrected chi connectivity index (χ0v) is 26.2. The van der Waals surface area contributed by atoms with Crippen LogP contribution in [-0.4, -0.2) is 0 Å². The van der Waals surface area contributed by atoms with Crippen molar-refractivity contribution in [3.63, 3.8) is 0 Å². The summed E-state index contributed by atoms with van der Waals surface area (Å²) in [4.78, 5) is 2.46. The molecule has 0 bridgehead atoms. The molecule has 0 N–H and O–H groups in total. The Kier molecular flexibility index (Phi) is 6.88. The summed E-state index contributed by atoms with van der Waals surface area (Å²) in [5.74, 6) is 0. The minimum Gasteiger partial charge on any atom is -0.309 e. The number of hydrogen-bond acceptors (Lipinski definition) is 1. The van der Waals surface area contributed by atoms with E-state index in [2.05, 4.69) is 195 Å². The van der Waals surface area contributed by atoms with Crippen LogP contribution in [0.4, 0.5) is 17.1 Å². The zero-order chi connectivity index (χ0) is 31.1. The largest absolute Gasteiger partial charge is 0.309 e. The van der Waals surface area contributed by atoms with E-state index in [1.54, 1.807) is 0 Å². The second kappa shape index (κ2) is 11.4. The fourth-order valence-electron chi connectivity index (χ4n) is 7.23. The van der Waals surface area contributed by atoms with Crippen molar-refractivity contribution in [3.8, 4) is 44.5 Å². The van der Waals surface area contributed by atoms with Crippen LogP contribution in [0.2, 0.25) is 0 Å². The summed E-state index contributed by atoms with van der Waals surface area (Å²) in [6.07, 6.45) is 0. The Morgan fingerprint density at radius 3 is 1.50 bits per heavy atom. The van der Waals surface area contributed by atoms with Gasteiger partial charge in [0.15, 0.2) is 0 Å². The van der Waals surface area contributed by atoms with Gasteiger partial charge in [0.2, 0.25) is 0 Å². The molecule has 0 saturated carbocycles. The molecule has 1 nitrogen and oxygen atoms in total. The lowest BCUT2D eigenvalue weighted by Gasteiger charge is -2.32. The number of nitrogens with zero attached hydrogens (tertiary/aromatic N) is 1. The molecule has 0 spiro atoms. The molecule has 0 fully saturated rings. The van der Waals surface area contributed by atoms with Crippen LogP contribution in [0.15, 0.2) is 176 Å². The van der Waals surface area contributed by atoms with E-state index in [0.29, 0.717) is 0 Å². The number of fused-ring (bicyclic) bond motifs is 3. The van der Waals surface area contributed by atoms with Gasteiger partial charge in [-0.15, -0.1) is 0 Å². The highest BCUT2D eigenvalue weighted by Gasteiger charge is 2.38. The predicted octanol–water partition coefficient (Wildman–Crippen LogP) is 12.5. The number of hydrogen-bond donors (Lipinski definition) is 0. The van der Waals surface area contributed by atoms with Gasteiger partial charge >= 0.3 is 0 Å². The first kappa shape index (κ1) is 27.9. The molecule has 220 valence electrons. The van der Waals surface area contributed by atoms with E-state index >= 15 is 0 Å². The Morgan fingerprint density at radius 1 is 0.370 bits per heavy atom. The summed E-state index contributed by atoms with van der Waals surface area (Å²) in [6, 6.07) is 63.7. The Bertz CT molecular complexity index is 2150. The van der Waals surface area contributed by atoms with E-state index in [0.717, 1.165) is 11.4 Å². The van der Waals surface area contributed by atoms with Gasteiger partial charge < -0.3 is 4.90 Å². The first-order valence-corrected chi connectivity index (χ1v) is 16.0. The van der Waals surface area contributed by atoms with Crippen LogP contribution in [0.3, 0.4) is 0 Å². The topological polar surface area (TPSA) is 3.24 Å². The highest BCUT2D eigenvalue weighted by Crippen LogP contribution is 2.56. The molecule has 0 aromatic heterocycles. The molecule has 1 aliphatic rings. The van der Waals surface area contributed by atoms with Crippen LogP contribution in [0, 0.1) is 0 Å². The lowest BCUT2D eigenvalue weighted by atomic mass is 9.81. The molecule has 8 rings (SSSR count). The zero-order valence-electron chi connectivity index (χ0n) is 26.2. The van der Waals surface area contributed by atoms with Crippen molar-refractivity contribution in [1.82, 2.24) is 0 Å². The van der Waals surface area contributed by atoms with Crippen LogP contribution in [0.1, 0.15) is 25.0 Å². The molecule has 46 heavy (non-hydrogen) atoms. The van der Waals surface area contributed by atoms with E-state index in [9.17, 15) is 0 Å². The number of rotatable bonds is 6. The van der Waals surface area contributed by atoms with Crippen molar-refractivity contribution in [1.29, 1.82) is 0 Å². The molecule has 0 unspecified atom stereocenters. The maximum Gasteiger partial charge on any atom is 0.0543 e. The summed E-state index contributed by atoms with van der Waals surface area (Å²) < 4.78 is 0. The fraction of sp³-hybridized carbons (Fsp3) is 0.0667. The molecule has 0 amide bonds. The predicted molar refractivity (Wildman–Crippen MR) is 195 cm³/mol. The first-order valence-electron chi connectivity index (χ1n) is 16.0. The average molecular weight is 590 g/mol. The van der Waals surface area contributed by atoms with Crippen molar-refractivity contribution in [2.75, 3.05) is 4.90 Å². The molecule has 0 saturated heterocycles. The van der Waals surface area contributed by atoms with E-state index in [1.807, 2.05) is 0 Å². The third-order valence-electron chi connectivity index (χ3n) is 9.47. The maximum atomic E-state index is 2.47. The lowest BCUT2D eigenvalue weighted by Crippen LogP contribution is -2.17. The van der Waals surface area contributed by atoms with Gasteiger partial charge in [0.05, 0.1) is 11.4 Å². The second-order valence-corrected chi connectivity index (χ2v) is 12.6. The molecule has 0 radical (unpaired) electrons. The number of para-hydroxylation sites is 2. The smallest absolute Gasteiger partial charge is 0.0543 e. The van der Waals surface area contributed by atoms with Gasteiger partial charge in [0.1, 0.15) is 0 Å². The minimum atomic E-state index is -0.180. The van der Waals surface area contributed by atoms with E-state index in [4.69, 9.17) is 0 Å². The third kappa shape index (κ3) is 4.64. The van der Waals surface area contributed by atoms with Gasteiger partial charge in [0, 0.05) is 22.2 Å². The quantitative estimate of drug-likeness (QED) is 0.186. The summed E-state index contributed by atoms with van der Waals surface area (Å²) in [5.41, 5.74) is 16.0. The highest BCUT2D eigenvalue weighted by atomic mass is 15.1. The van der Waals surface area contributed by atoms with Crippen molar-refractivity contribution in [2.24, 2.45) is 0 Å². The van der Waals surface area contributed by atoms with E-state index < -0.39 is 0 Å².